The summed E-state index contributed by atoms with van der Waals surface area (Å²) in [6.07, 6.45) is 5.57. The van der Waals surface area contributed by atoms with Crippen molar-refractivity contribution in [2.45, 2.75) is 56.3 Å². The predicted octanol–water partition coefficient (Wildman–Crippen LogP) is 20.8. The molecule has 11 aromatic rings. The van der Waals surface area contributed by atoms with E-state index in [1.807, 2.05) is 0 Å². The lowest BCUT2D eigenvalue weighted by Gasteiger charge is -2.36. The van der Waals surface area contributed by atoms with Crippen LogP contribution in [0.4, 0.5) is 34.1 Å². The monoisotopic (exact) mass is 1040 g/mol. The molecule has 6 atom stereocenters. The molecule has 7 aliphatic rings. The van der Waals surface area contributed by atoms with E-state index in [0.717, 1.165) is 52.1 Å². The third kappa shape index (κ3) is 6.74. The molecule has 388 valence electrons. The summed E-state index contributed by atoms with van der Waals surface area (Å²) in [4.78, 5) is 5.11. The molecule has 4 bridgehead atoms. The topological polar surface area (TPSA) is 6.48 Å². The molecule has 0 radical (unpaired) electrons. The van der Waals surface area contributed by atoms with Gasteiger partial charge in [0.2, 0.25) is 0 Å². The van der Waals surface area contributed by atoms with Crippen molar-refractivity contribution in [2.75, 3.05) is 9.80 Å². The Kier molecular flexibility index (Phi) is 10.3. The van der Waals surface area contributed by atoms with Crippen molar-refractivity contribution < 1.29 is 0 Å². The fourth-order valence-electron chi connectivity index (χ4n) is 17.3. The largest absolute Gasteiger partial charge is 0.310 e. The first-order valence-electron chi connectivity index (χ1n) is 29.6. The van der Waals surface area contributed by atoms with Crippen molar-refractivity contribution in [3.05, 3.63) is 300 Å². The van der Waals surface area contributed by atoms with E-state index in [2.05, 4.69) is 285 Å². The van der Waals surface area contributed by atoms with Crippen LogP contribution in [0.2, 0.25) is 0 Å². The zero-order valence-corrected chi connectivity index (χ0v) is 45.9. The smallest absolute Gasteiger partial charge is 0.0727 e. The molecular weight excluding hydrogens is 977 g/mol. The van der Waals surface area contributed by atoms with Crippen LogP contribution in [-0.4, -0.2) is 0 Å². The molecular formula is C79H62N2. The summed E-state index contributed by atoms with van der Waals surface area (Å²) in [7, 11) is 0. The molecule has 0 saturated heterocycles. The fourth-order valence-corrected chi connectivity index (χ4v) is 17.3. The van der Waals surface area contributed by atoms with E-state index < -0.39 is 5.41 Å². The van der Waals surface area contributed by atoms with Crippen LogP contribution in [0.3, 0.4) is 0 Å². The average molecular weight is 1040 g/mol. The highest BCUT2D eigenvalue weighted by molar-refractivity contribution is 6.03. The quantitative estimate of drug-likeness (QED) is 0.142. The lowest BCUT2D eigenvalue weighted by atomic mass is 9.69. The standard InChI is InChI=1S/C79H62N2/c1-78(2)69-36-20-17-32-59(69)65-45-57(39-40-70(65)78)81(56-29-13-6-14-30-56)76-49-74-67(47-68(76)58-31-15-16-35-62(58)77-53-42-50-41-52(44-53)64(77)43-50)61-34-19-22-38-72(61)79(74)71-37-21-18-33-60(71)66-46-63(51-23-7-3-8-24-51)75(48-73(66)79)80(54-25-9-4-10-26-54)55-27-11-5-12-28-55/h3-40,45-50,52-53,64,77H,41-44H2,1-2H3. The summed E-state index contributed by atoms with van der Waals surface area (Å²) >= 11 is 0. The van der Waals surface area contributed by atoms with E-state index in [1.54, 1.807) is 5.56 Å². The molecule has 0 aliphatic heterocycles. The van der Waals surface area contributed by atoms with E-state index in [1.165, 1.54) is 120 Å². The molecule has 0 N–H and O–H groups in total. The van der Waals surface area contributed by atoms with E-state index in [9.17, 15) is 0 Å². The zero-order chi connectivity index (χ0) is 53.6. The van der Waals surface area contributed by atoms with Crippen LogP contribution in [0.5, 0.6) is 0 Å². The van der Waals surface area contributed by atoms with Gasteiger partial charge in [-0.05, 0) is 212 Å². The molecule has 2 heteroatoms. The molecule has 0 heterocycles. The second-order valence-electron chi connectivity index (χ2n) is 24.7. The molecule has 6 unspecified atom stereocenters. The SMILES string of the molecule is CC1(C)c2ccccc2-c2cc(N(c3ccccc3)c3cc4c(cc3-c3ccccc3C3C5CC6CC(C5)C3C6)-c3ccccc3C43c4ccccc4-c4cc(-c5ccccc5)c(N(c5ccccc5)c5ccccc5)cc43)ccc21. The van der Waals surface area contributed by atoms with Gasteiger partial charge in [0.15, 0.2) is 0 Å². The van der Waals surface area contributed by atoms with Gasteiger partial charge in [-0.2, -0.15) is 0 Å². The van der Waals surface area contributed by atoms with Crippen LogP contribution in [0.1, 0.15) is 84.4 Å². The lowest BCUT2D eigenvalue weighted by molar-refractivity contribution is 0.249. The molecule has 81 heavy (non-hydrogen) atoms. The number of rotatable bonds is 9. The number of hydrogen-bond acceptors (Lipinski definition) is 2. The highest BCUT2D eigenvalue weighted by atomic mass is 15.2. The van der Waals surface area contributed by atoms with Crippen molar-refractivity contribution in [3.8, 4) is 55.6 Å². The first-order chi connectivity index (χ1) is 39.9. The number of nitrogens with zero attached hydrogens (tertiary/aromatic N) is 2. The predicted molar refractivity (Wildman–Crippen MR) is 336 cm³/mol. The molecule has 7 aliphatic carbocycles. The van der Waals surface area contributed by atoms with Crippen LogP contribution in [0.15, 0.2) is 261 Å². The summed E-state index contributed by atoms with van der Waals surface area (Å²) in [5.74, 6) is 3.83. The summed E-state index contributed by atoms with van der Waals surface area (Å²) < 4.78 is 0. The van der Waals surface area contributed by atoms with Crippen molar-refractivity contribution >= 4 is 34.1 Å². The van der Waals surface area contributed by atoms with Gasteiger partial charge < -0.3 is 9.80 Å². The van der Waals surface area contributed by atoms with Gasteiger partial charge in [-0.1, -0.05) is 202 Å². The van der Waals surface area contributed by atoms with Crippen LogP contribution < -0.4 is 9.80 Å². The minimum Gasteiger partial charge on any atom is -0.310 e. The minimum atomic E-state index is -0.666. The highest BCUT2D eigenvalue weighted by Crippen LogP contribution is 2.68. The number of anilines is 6. The van der Waals surface area contributed by atoms with Crippen LogP contribution in [0, 0.1) is 23.7 Å². The summed E-state index contributed by atoms with van der Waals surface area (Å²) in [6, 6.07) is 99.6. The van der Waals surface area contributed by atoms with Gasteiger partial charge in [0.25, 0.3) is 0 Å². The third-order valence-electron chi connectivity index (χ3n) is 20.4. The highest BCUT2D eigenvalue weighted by Gasteiger charge is 2.56. The number of hydrogen-bond donors (Lipinski definition) is 0. The van der Waals surface area contributed by atoms with E-state index in [4.69, 9.17) is 0 Å². The van der Waals surface area contributed by atoms with E-state index in [0.29, 0.717) is 5.92 Å². The second kappa shape index (κ2) is 17.8. The van der Waals surface area contributed by atoms with Crippen molar-refractivity contribution in [3.63, 3.8) is 0 Å². The Hall–Kier alpha value is -8.98. The Labute approximate surface area is 476 Å². The fraction of sp³-hybridized carbons (Fsp3) is 0.165. The third-order valence-corrected chi connectivity index (χ3v) is 20.4. The van der Waals surface area contributed by atoms with E-state index in [-0.39, 0.29) is 5.41 Å². The van der Waals surface area contributed by atoms with Crippen molar-refractivity contribution in [1.29, 1.82) is 0 Å². The molecule has 1 spiro atoms. The average Bonchev–Trinajstić information content (AvgIpc) is 2.70. The van der Waals surface area contributed by atoms with Crippen LogP contribution in [-0.2, 0) is 10.8 Å². The Bertz CT molecular complexity index is 4270. The van der Waals surface area contributed by atoms with Gasteiger partial charge >= 0.3 is 0 Å². The molecule has 2 nitrogen and oxygen atoms in total. The van der Waals surface area contributed by atoms with Crippen LogP contribution in [0.25, 0.3) is 55.6 Å². The Morgan fingerprint density at radius 3 is 1.35 bits per heavy atom. The van der Waals surface area contributed by atoms with E-state index >= 15 is 0 Å². The maximum Gasteiger partial charge on any atom is 0.0727 e. The Balaban J connectivity index is 0.984. The second-order valence-corrected chi connectivity index (χ2v) is 24.7. The number of fused-ring (bicyclic) bond motifs is 13. The first-order valence-corrected chi connectivity index (χ1v) is 29.6. The summed E-state index contributed by atoms with van der Waals surface area (Å²) in [5, 5.41) is 0. The normalized spacial score (nSPS) is 21.3. The van der Waals surface area contributed by atoms with Gasteiger partial charge in [-0.15, -0.1) is 0 Å². The van der Waals surface area contributed by atoms with Crippen molar-refractivity contribution in [1.82, 2.24) is 0 Å². The molecule has 4 fully saturated rings. The molecule has 18 rings (SSSR count). The number of para-hydroxylation sites is 3. The Morgan fingerprint density at radius 1 is 0.309 bits per heavy atom. The molecule has 0 amide bonds. The van der Waals surface area contributed by atoms with Gasteiger partial charge in [0.1, 0.15) is 0 Å². The lowest BCUT2D eigenvalue weighted by Crippen LogP contribution is -2.27. The van der Waals surface area contributed by atoms with Gasteiger partial charge in [0, 0.05) is 39.3 Å². The van der Waals surface area contributed by atoms with Crippen molar-refractivity contribution in [2.24, 2.45) is 23.7 Å². The summed E-state index contributed by atoms with van der Waals surface area (Å²) in [6.45, 7) is 4.79. The maximum absolute atomic E-state index is 2.68. The molecule has 0 aromatic heterocycles. The molecule has 11 aromatic carbocycles. The summed E-state index contributed by atoms with van der Waals surface area (Å²) in [5.41, 5.74) is 28.6. The van der Waals surface area contributed by atoms with Gasteiger partial charge in [-0.3, -0.25) is 0 Å². The van der Waals surface area contributed by atoms with Gasteiger partial charge in [-0.25, -0.2) is 0 Å². The maximum atomic E-state index is 2.68. The first kappa shape index (κ1) is 46.9. The van der Waals surface area contributed by atoms with Crippen LogP contribution >= 0.6 is 0 Å². The zero-order valence-electron chi connectivity index (χ0n) is 45.9. The Morgan fingerprint density at radius 2 is 0.753 bits per heavy atom. The minimum absolute atomic E-state index is 0.114. The number of benzene rings is 11. The van der Waals surface area contributed by atoms with Gasteiger partial charge in [0.05, 0.1) is 16.8 Å². The molecule has 4 saturated carbocycles.